The first kappa shape index (κ1) is 22.2. The maximum absolute atomic E-state index is 13.3. The summed E-state index contributed by atoms with van der Waals surface area (Å²) in [5.41, 5.74) is -0.0937. The zero-order chi connectivity index (χ0) is 22.8. The normalized spacial score (nSPS) is 12.9. The van der Waals surface area contributed by atoms with E-state index in [1.165, 1.54) is 41.2 Å². The van der Waals surface area contributed by atoms with Gasteiger partial charge in [0.2, 0.25) is 15.9 Å². The number of sulfonamides is 1. The van der Waals surface area contributed by atoms with Crippen LogP contribution in [0.4, 0.5) is 13.2 Å². The molecule has 0 aliphatic carbocycles. The van der Waals surface area contributed by atoms with E-state index in [-0.39, 0.29) is 11.4 Å². The smallest absolute Gasteiger partial charge is 0.299 e. The van der Waals surface area contributed by atoms with Gasteiger partial charge in [0.15, 0.2) is 5.69 Å². The van der Waals surface area contributed by atoms with Crippen molar-refractivity contribution in [2.45, 2.75) is 18.3 Å². The average Bonchev–Trinajstić information content (AvgIpc) is 3.14. The highest BCUT2D eigenvalue weighted by molar-refractivity contribution is 7.90. The SMILES string of the molecule is C=CC(c1ccc(-n2cc(C(F)(F)F)nc2-c2cccnc2)cc1)S(=O)(=O)NC(C)=O. The molecule has 31 heavy (non-hydrogen) atoms. The molecule has 3 rings (SSSR count). The van der Waals surface area contributed by atoms with Crippen molar-refractivity contribution in [2.24, 2.45) is 0 Å². The number of rotatable bonds is 6. The summed E-state index contributed by atoms with van der Waals surface area (Å²) in [5.74, 6) is -0.720. The van der Waals surface area contributed by atoms with E-state index in [0.29, 0.717) is 11.3 Å². The van der Waals surface area contributed by atoms with Gasteiger partial charge in [0.25, 0.3) is 0 Å². The third-order valence-corrected chi connectivity index (χ3v) is 5.96. The molecule has 11 heteroatoms. The summed E-state index contributed by atoms with van der Waals surface area (Å²) in [5, 5.41) is -1.23. The molecule has 2 aromatic heterocycles. The van der Waals surface area contributed by atoms with E-state index >= 15 is 0 Å². The van der Waals surface area contributed by atoms with Crippen LogP contribution in [0.5, 0.6) is 0 Å². The van der Waals surface area contributed by atoms with Crippen molar-refractivity contribution in [3.8, 4) is 17.1 Å². The van der Waals surface area contributed by atoms with Gasteiger partial charge >= 0.3 is 6.18 Å². The van der Waals surface area contributed by atoms with Crippen LogP contribution in [0, 0.1) is 0 Å². The number of amides is 1. The number of hydrogen-bond acceptors (Lipinski definition) is 5. The molecule has 1 atom stereocenters. The molecule has 0 aliphatic rings. The van der Waals surface area contributed by atoms with Crippen LogP contribution in [0.1, 0.15) is 23.4 Å². The van der Waals surface area contributed by atoms with Crippen molar-refractivity contribution in [1.82, 2.24) is 19.3 Å². The lowest BCUT2D eigenvalue weighted by Gasteiger charge is -2.15. The molecule has 0 saturated carbocycles. The fourth-order valence-corrected chi connectivity index (χ4v) is 4.24. The van der Waals surface area contributed by atoms with Crippen LogP contribution in [0.25, 0.3) is 17.1 Å². The molecule has 0 bridgehead atoms. The molecular weight excluding hydrogens is 433 g/mol. The van der Waals surface area contributed by atoms with Gasteiger partial charge in [0.1, 0.15) is 11.1 Å². The van der Waals surface area contributed by atoms with E-state index in [1.54, 1.807) is 12.1 Å². The Balaban J connectivity index is 2.05. The van der Waals surface area contributed by atoms with Crippen molar-refractivity contribution < 1.29 is 26.4 Å². The highest BCUT2D eigenvalue weighted by atomic mass is 32.2. The maximum atomic E-state index is 13.3. The molecule has 2 heterocycles. The summed E-state index contributed by atoms with van der Waals surface area (Å²) < 4.78 is 67.6. The van der Waals surface area contributed by atoms with Crippen molar-refractivity contribution in [2.75, 3.05) is 0 Å². The molecule has 0 spiro atoms. The summed E-state index contributed by atoms with van der Waals surface area (Å²) in [6.45, 7) is 4.57. The van der Waals surface area contributed by atoms with Crippen LogP contribution in [0.15, 0.2) is 67.6 Å². The number of benzene rings is 1. The molecule has 0 aliphatic heterocycles. The van der Waals surface area contributed by atoms with Gasteiger partial charge in [0.05, 0.1) is 0 Å². The van der Waals surface area contributed by atoms with Crippen LogP contribution in [0.2, 0.25) is 0 Å². The highest BCUT2D eigenvalue weighted by Gasteiger charge is 2.35. The second-order valence-electron chi connectivity index (χ2n) is 6.51. The molecule has 1 aromatic carbocycles. The van der Waals surface area contributed by atoms with Gasteiger partial charge in [-0.25, -0.2) is 13.4 Å². The lowest BCUT2D eigenvalue weighted by atomic mass is 10.1. The number of halogens is 3. The Morgan fingerprint density at radius 1 is 1.23 bits per heavy atom. The van der Waals surface area contributed by atoms with Crippen molar-refractivity contribution in [3.63, 3.8) is 0 Å². The highest BCUT2D eigenvalue weighted by Crippen LogP contribution is 2.33. The van der Waals surface area contributed by atoms with Gasteiger partial charge in [-0.05, 0) is 29.8 Å². The third kappa shape index (κ3) is 4.82. The molecule has 0 fully saturated rings. The number of nitrogens with one attached hydrogen (secondary N) is 1. The van der Waals surface area contributed by atoms with Gasteiger partial charge in [-0.3, -0.25) is 19.1 Å². The number of alkyl halides is 3. The first-order chi connectivity index (χ1) is 14.5. The van der Waals surface area contributed by atoms with Crippen molar-refractivity contribution in [1.29, 1.82) is 0 Å². The van der Waals surface area contributed by atoms with E-state index in [0.717, 1.165) is 19.2 Å². The molecule has 7 nitrogen and oxygen atoms in total. The molecule has 0 radical (unpaired) electrons. The van der Waals surface area contributed by atoms with Crippen LogP contribution < -0.4 is 4.72 Å². The molecule has 162 valence electrons. The zero-order valence-electron chi connectivity index (χ0n) is 16.2. The number of nitrogens with zero attached hydrogens (tertiary/aromatic N) is 3. The number of hydrogen-bond donors (Lipinski definition) is 1. The number of carbonyl (C=O) groups is 1. The third-order valence-electron chi connectivity index (χ3n) is 4.25. The number of aromatic nitrogens is 3. The Bertz CT molecular complexity index is 1200. The molecule has 1 N–H and O–H groups in total. The van der Waals surface area contributed by atoms with Crippen LogP contribution in [-0.4, -0.2) is 28.9 Å². The van der Waals surface area contributed by atoms with Gasteiger partial charge in [0, 0.05) is 36.8 Å². The van der Waals surface area contributed by atoms with Gasteiger partial charge in [-0.15, -0.1) is 6.58 Å². The molecule has 1 unspecified atom stereocenters. The van der Waals surface area contributed by atoms with Crippen molar-refractivity contribution >= 4 is 15.9 Å². The molecular formula is C20H17F3N4O3S. The Morgan fingerprint density at radius 2 is 1.90 bits per heavy atom. The number of imidazole rings is 1. The van der Waals surface area contributed by atoms with E-state index in [1.807, 2.05) is 4.72 Å². The standard InChI is InChI=1S/C20H17F3N4O3S/c1-3-17(31(29,30)26-13(2)28)14-6-8-16(9-7-14)27-12-18(20(21,22)23)25-19(27)15-5-4-10-24-11-15/h3-12,17H,1H2,2H3,(H,26,28). The lowest BCUT2D eigenvalue weighted by Crippen LogP contribution is -2.32. The van der Waals surface area contributed by atoms with E-state index < -0.39 is 33.1 Å². The fourth-order valence-electron chi connectivity index (χ4n) is 2.94. The summed E-state index contributed by atoms with van der Waals surface area (Å²) >= 11 is 0. The van der Waals surface area contributed by atoms with Gasteiger partial charge in [-0.2, -0.15) is 13.2 Å². The summed E-state index contributed by atoms with van der Waals surface area (Å²) in [7, 11) is -4.06. The zero-order valence-corrected chi connectivity index (χ0v) is 17.0. The molecule has 0 saturated heterocycles. The predicted molar refractivity (Wildman–Crippen MR) is 107 cm³/mol. The van der Waals surface area contributed by atoms with Crippen LogP contribution in [0.3, 0.4) is 0 Å². The van der Waals surface area contributed by atoms with E-state index in [2.05, 4.69) is 16.5 Å². The van der Waals surface area contributed by atoms with E-state index in [9.17, 15) is 26.4 Å². The number of carbonyl (C=O) groups excluding carboxylic acids is 1. The first-order valence-corrected chi connectivity index (χ1v) is 10.4. The fraction of sp³-hybridized carbons (Fsp3) is 0.150. The van der Waals surface area contributed by atoms with E-state index in [4.69, 9.17) is 0 Å². The second-order valence-corrected chi connectivity index (χ2v) is 8.31. The van der Waals surface area contributed by atoms with Gasteiger partial charge in [-0.1, -0.05) is 18.2 Å². The minimum atomic E-state index is -4.65. The van der Waals surface area contributed by atoms with Crippen LogP contribution >= 0.6 is 0 Å². The largest absolute Gasteiger partial charge is 0.434 e. The summed E-state index contributed by atoms with van der Waals surface area (Å²) in [6.07, 6.45) is 0.238. The summed E-state index contributed by atoms with van der Waals surface area (Å²) in [6, 6.07) is 8.93. The molecule has 1 amide bonds. The Labute approximate surface area is 176 Å². The van der Waals surface area contributed by atoms with Crippen LogP contribution in [-0.2, 0) is 21.0 Å². The maximum Gasteiger partial charge on any atom is 0.434 e. The predicted octanol–water partition coefficient (Wildman–Crippen LogP) is 3.65. The Morgan fingerprint density at radius 3 is 2.42 bits per heavy atom. The minimum Gasteiger partial charge on any atom is -0.299 e. The summed E-state index contributed by atoms with van der Waals surface area (Å²) in [4.78, 5) is 18.8. The molecule has 3 aromatic rings. The Kier molecular flexibility index (Phi) is 5.98. The lowest BCUT2D eigenvalue weighted by molar-refractivity contribution is -0.140. The quantitative estimate of drug-likeness (QED) is 0.579. The number of pyridine rings is 1. The van der Waals surface area contributed by atoms with Crippen molar-refractivity contribution in [3.05, 3.63) is 78.9 Å². The van der Waals surface area contributed by atoms with Gasteiger partial charge < -0.3 is 0 Å². The first-order valence-electron chi connectivity index (χ1n) is 8.85. The topological polar surface area (TPSA) is 93.9 Å². The monoisotopic (exact) mass is 450 g/mol. The average molecular weight is 450 g/mol. The second kappa shape index (κ2) is 8.34. The Hall–Kier alpha value is -3.47. The minimum absolute atomic E-state index is 0.0271.